The van der Waals surface area contributed by atoms with Crippen LogP contribution in [-0.4, -0.2) is 71.8 Å². The number of nitrogens with zero attached hydrogens (tertiary/aromatic N) is 4. The zero-order valence-electron chi connectivity index (χ0n) is 76.5. The van der Waals surface area contributed by atoms with Crippen LogP contribution in [0.4, 0.5) is 0 Å². The molecule has 0 aliphatic rings. The summed E-state index contributed by atoms with van der Waals surface area (Å²) in [6, 6.07) is 138. The first-order valence-corrected chi connectivity index (χ1v) is 46.3. The molecule has 0 heterocycles. The lowest BCUT2D eigenvalue weighted by atomic mass is 9.97. The van der Waals surface area contributed by atoms with Gasteiger partial charge in [0.1, 0.15) is 0 Å². The van der Waals surface area contributed by atoms with Crippen molar-refractivity contribution in [2.24, 2.45) is 0 Å². The van der Waals surface area contributed by atoms with Crippen LogP contribution in [0.2, 0.25) is 30.1 Å². The molecule has 15 aromatic carbocycles. The van der Waals surface area contributed by atoms with Gasteiger partial charge < -0.3 is 14.9 Å². The molecule has 1 atom stereocenters. The first kappa shape index (κ1) is 109. The van der Waals surface area contributed by atoms with Crippen molar-refractivity contribution in [2.45, 2.75) is 38.5 Å². The van der Waals surface area contributed by atoms with Gasteiger partial charge in [0.05, 0.1) is 30.2 Å². The summed E-state index contributed by atoms with van der Waals surface area (Å²) in [7, 11) is 4.09. The predicted octanol–water partition coefficient (Wildman–Crippen LogP) is 31.7. The number of halogens is 7. The minimum absolute atomic E-state index is 0. The van der Waals surface area contributed by atoms with E-state index in [1.807, 2.05) is 421 Å². The number of carbonyl (C=O) groups is 4. The molecule has 0 saturated heterocycles. The Balaban J connectivity index is 0.000000201. The minimum Gasteiger partial charge on any atom is -0.384 e. The number of Topliss-reactive ketones (excluding diaryl/α,β-unsaturated/α-hetero) is 2. The predicted molar refractivity (Wildman–Crippen MR) is 585 cm³/mol. The summed E-state index contributed by atoms with van der Waals surface area (Å²) in [6.07, 6.45) is 15.9. The lowest BCUT2D eigenvalue weighted by molar-refractivity contribution is -0.114. The normalized spacial score (nSPS) is 11.3. The van der Waals surface area contributed by atoms with E-state index >= 15 is 0 Å². The summed E-state index contributed by atoms with van der Waals surface area (Å²) < 4.78 is 0. The summed E-state index contributed by atoms with van der Waals surface area (Å²) in [6.45, 7) is 10.3. The van der Waals surface area contributed by atoms with Crippen LogP contribution in [0.3, 0.4) is 0 Å². The number of hydrogen-bond acceptors (Lipinski definition) is 9. The lowest BCUT2D eigenvalue weighted by Gasteiger charge is -2.17. The van der Waals surface area contributed by atoms with Gasteiger partial charge in [-0.3, -0.25) is 19.2 Å². The summed E-state index contributed by atoms with van der Waals surface area (Å²) in [5, 5.41) is 31.6. The average Bonchev–Trinajstić information content (AvgIpc) is 0.882. The zero-order chi connectivity index (χ0) is 97.6. The number of nitriles is 2. The van der Waals surface area contributed by atoms with E-state index in [4.69, 9.17) is 80.1 Å². The second-order valence-corrected chi connectivity index (χ2v) is 33.6. The lowest BCUT2D eigenvalue weighted by Crippen LogP contribution is -2.21. The zero-order valence-corrected chi connectivity index (χ0v) is 81.9. The largest absolute Gasteiger partial charge is 0.384 e. The van der Waals surface area contributed by atoms with E-state index in [0.717, 1.165) is 108 Å². The molecule has 15 aromatic rings. The van der Waals surface area contributed by atoms with Crippen LogP contribution < -0.4 is 0 Å². The van der Waals surface area contributed by atoms with Gasteiger partial charge in [0.15, 0.2) is 23.6 Å². The molecule has 692 valence electrons. The molecule has 0 aromatic heterocycles. The number of carbonyl (C=O) groups excluding carboxylic acids is 4. The number of aliphatic hydroxyl groups excluding tert-OH is 1. The fourth-order valence-corrected chi connectivity index (χ4v) is 14.2. The van der Waals surface area contributed by atoms with E-state index in [0.29, 0.717) is 79.2 Å². The van der Waals surface area contributed by atoms with Crippen molar-refractivity contribution >= 4 is 176 Å². The van der Waals surface area contributed by atoms with E-state index in [2.05, 4.69) is 59.4 Å². The van der Waals surface area contributed by atoms with Crippen LogP contribution in [0.5, 0.6) is 0 Å². The van der Waals surface area contributed by atoms with E-state index in [1.54, 1.807) is 24.3 Å². The highest BCUT2D eigenvalue weighted by Crippen LogP contribution is 2.29. The second-order valence-electron chi connectivity index (χ2n) is 31.0. The van der Waals surface area contributed by atoms with Gasteiger partial charge in [-0.15, -0.1) is 19.0 Å². The smallest absolute Gasteiger partial charge is 0.185 e. The van der Waals surface area contributed by atoms with Crippen LogP contribution in [0.1, 0.15) is 96.3 Å². The van der Waals surface area contributed by atoms with Crippen LogP contribution in [0.15, 0.2) is 444 Å². The quantitative estimate of drug-likeness (QED) is 0.0153. The first-order valence-electron chi connectivity index (χ1n) is 44.1. The Morgan fingerprint density at radius 3 is 0.891 bits per heavy atom. The summed E-state index contributed by atoms with van der Waals surface area (Å²) in [4.78, 5) is 53.5. The molecule has 1 unspecified atom stereocenters. The van der Waals surface area contributed by atoms with Gasteiger partial charge in [0.25, 0.3) is 0 Å². The average molecular weight is 1960 g/mol. The molecule has 0 saturated carbocycles. The Kier molecular flexibility index (Phi) is 48.8. The number of benzene rings is 15. The molecule has 0 fully saturated rings. The Hall–Kier alpha value is -14.2. The van der Waals surface area contributed by atoms with Crippen molar-refractivity contribution in [3.63, 3.8) is 0 Å². The van der Waals surface area contributed by atoms with Crippen molar-refractivity contribution in [3.8, 4) is 12.1 Å². The van der Waals surface area contributed by atoms with E-state index < -0.39 is 6.10 Å². The molecule has 9 nitrogen and oxygen atoms in total. The van der Waals surface area contributed by atoms with E-state index in [1.165, 1.54) is 23.3 Å². The molecular weight excluding hydrogens is 1850 g/mol. The van der Waals surface area contributed by atoms with Crippen LogP contribution in [-0.2, 0) is 38.7 Å². The molecule has 0 aliphatic heterocycles. The van der Waals surface area contributed by atoms with Crippen molar-refractivity contribution < 1.29 is 24.3 Å². The van der Waals surface area contributed by atoms with Gasteiger partial charge in [0.2, 0.25) is 0 Å². The van der Waals surface area contributed by atoms with Crippen LogP contribution >= 0.6 is 82.0 Å². The SMILES string of the molecule is C=CC(=O)/C(=C\c1ccc(Cl)cc1)c1ccccc1.C=CC(O)/C(=C\c1ccc(Cl)cc1)c1ccccc1.CN(CCC(=O)/C(=C\c1ccc(Cl)cc1)c1ccccc1)Cc1ccccc1.CN(CCC(=O)/C(=C\c1ccc(Cl)cc1)c1ccccc1)Cc1ccccc1.Cl.N#C/C(=C\c1ccc(Cl)cc1)c1ccccc1.N#CCc1ccccc1.O=C/C(=C\c1ccc(Cl)cc1)c1ccccc1. The molecule has 0 amide bonds. The Morgan fingerprint density at radius 1 is 0.333 bits per heavy atom. The molecule has 0 bridgehead atoms. The maximum Gasteiger partial charge on any atom is 0.185 e. The Morgan fingerprint density at radius 2 is 0.594 bits per heavy atom. The topological polar surface area (TPSA) is 143 Å². The fourth-order valence-electron chi connectivity index (χ4n) is 13.5. The van der Waals surface area contributed by atoms with Crippen molar-refractivity contribution in [2.75, 3.05) is 27.2 Å². The molecule has 16 heteroatoms. The summed E-state index contributed by atoms with van der Waals surface area (Å²) in [5.74, 6) is 0.184. The molecular formula is C122H105Cl7N4O5. The second kappa shape index (κ2) is 61.7. The van der Waals surface area contributed by atoms with Gasteiger partial charge in [-0.2, -0.15) is 10.5 Å². The Labute approximate surface area is 848 Å². The number of rotatable bonds is 30. The monoisotopic (exact) mass is 1950 g/mol. The highest BCUT2D eigenvalue weighted by atomic mass is 35.5. The third kappa shape index (κ3) is 40.0. The number of aldehydes is 1. The molecule has 1 N–H and O–H groups in total. The van der Waals surface area contributed by atoms with Gasteiger partial charge >= 0.3 is 0 Å². The van der Waals surface area contributed by atoms with Crippen LogP contribution in [0, 0.1) is 22.7 Å². The molecule has 15 rings (SSSR count). The minimum atomic E-state index is -0.696. The third-order valence-corrected chi connectivity index (χ3v) is 22.2. The van der Waals surface area contributed by atoms with Gasteiger partial charge in [-0.05, 0) is 218 Å². The first-order chi connectivity index (χ1) is 66.6. The highest BCUT2D eigenvalue weighted by molar-refractivity contribution is 6.33. The van der Waals surface area contributed by atoms with Gasteiger partial charge in [-0.1, -0.05) is 428 Å². The van der Waals surface area contributed by atoms with E-state index in [-0.39, 0.29) is 29.8 Å². The number of allylic oxidation sites excluding steroid dienone is 6. The number of aliphatic hydroxyl groups is 1. The Bertz CT molecular complexity index is 6370. The standard InChI is InChI=1S/2C25H24ClNO.C17H15ClO.C17H13ClO.C15H10ClN.C15H11ClO.C8H7N.ClH/c2*1-27(19-21-8-4-2-5-9-21)17-16-25(28)24(22-10-6-3-7-11-22)18-20-12-14-23(26)15-13-20;2*1-2-17(19)16(14-6-4-3-5-7-14)12-13-8-10-15(18)11-9-13;2*16-15-8-6-12(7-9-15)10-14(11-17)13-4-2-1-3-5-13;9-7-6-8-4-2-1-3-5-8;/h2*2-15,18H,16-17,19H2,1H3;2-12,17,19H,1H2;2-12H,1H2;1-10H;1-11H;1-5H,6H2;1H/b2*24-18-;2*16-12-;2*14-10+;;. The van der Waals surface area contributed by atoms with Crippen LogP contribution in [0.25, 0.3) is 69.9 Å². The number of ketones is 3. The highest BCUT2D eigenvalue weighted by Gasteiger charge is 2.18. The van der Waals surface area contributed by atoms with Crippen molar-refractivity contribution in [1.29, 1.82) is 10.5 Å². The third-order valence-electron chi connectivity index (χ3n) is 20.7. The maximum atomic E-state index is 13.1. The van der Waals surface area contributed by atoms with E-state index in [9.17, 15) is 24.3 Å². The van der Waals surface area contributed by atoms with Crippen molar-refractivity contribution in [3.05, 3.63) is 557 Å². The molecule has 0 aliphatic carbocycles. The molecule has 138 heavy (non-hydrogen) atoms. The van der Waals surface area contributed by atoms with Gasteiger partial charge in [0, 0.05) is 91.4 Å². The summed E-state index contributed by atoms with van der Waals surface area (Å²) >= 11 is 35.3. The molecule has 0 spiro atoms. The summed E-state index contributed by atoms with van der Waals surface area (Å²) in [5.41, 5.74) is 19.1. The maximum absolute atomic E-state index is 13.1. The molecule has 0 radical (unpaired) electrons. The van der Waals surface area contributed by atoms with Gasteiger partial charge in [-0.25, -0.2) is 0 Å². The van der Waals surface area contributed by atoms with Crippen molar-refractivity contribution in [1.82, 2.24) is 9.80 Å². The number of hydrogen-bond donors (Lipinski definition) is 1. The fraction of sp³-hybridized carbons (Fsp3) is 0.0820.